The van der Waals surface area contributed by atoms with Gasteiger partial charge < -0.3 is 5.73 Å². The Morgan fingerprint density at radius 2 is 1.94 bits per heavy atom. The zero-order valence-electron chi connectivity index (χ0n) is 16.7. The Morgan fingerprint density at radius 3 is 2.77 bits per heavy atom. The van der Waals surface area contributed by atoms with Gasteiger partial charge in [0.1, 0.15) is 17.3 Å². The van der Waals surface area contributed by atoms with Crippen molar-refractivity contribution in [3.63, 3.8) is 0 Å². The lowest BCUT2D eigenvalue weighted by Crippen LogP contribution is -2.14. The molecule has 31 heavy (non-hydrogen) atoms. The molecular formula is C23H18FN7. The minimum absolute atomic E-state index is 0.146. The molecule has 0 radical (unpaired) electrons. The molecule has 5 rings (SSSR count). The smallest absolute Gasteiger partial charge is 0.250 e. The van der Waals surface area contributed by atoms with Crippen LogP contribution in [0.15, 0.2) is 72.1 Å². The Labute approximate surface area is 177 Å². The Kier molecular flexibility index (Phi) is 4.59. The van der Waals surface area contributed by atoms with Gasteiger partial charge in [0.05, 0.1) is 29.2 Å². The summed E-state index contributed by atoms with van der Waals surface area (Å²) < 4.78 is 16.2. The minimum Gasteiger partial charge on any atom is -0.383 e. The number of halogens is 1. The van der Waals surface area contributed by atoms with E-state index in [0.29, 0.717) is 23.5 Å². The molecule has 0 saturated heterocycles. The highest BCUT2D eigenvalue weighted by atomic mass is 19.1. The van der Waals surface area contributed by atoms with Gasteiger partial charge in [0.2, 0.25) is 0 Å². The van der Waals surface area contributed by atoms with E-state index in [0.717, 1.165) is 22.2 Å². The average Bonchev–Trinajstić information content (AvgIpc) is 3.20. The molecule has 2 aromatic carbocycles. The molecule has 0 aliphatic carbocycles. The highest BCUT2D eigenvalue weighted by Gasteiger charge is 2.12. The third-order valence-corrected chi connectivity index (χ3v) is 5.13. The van der Waals surface area contributed by atoms with Crippen molar-refractivity contribution in [2.45, 2.75) is 6.42 Å². The third-order valence-electron chi connectivity index (χ3n) is 5.13. The van der Waals surface area contributed by atoms with Crippen LogP contribution < -0.4 is 5.73 Å². The van der Waals surface area contributed by atoms with Gasteiger partial charge in [-0.15, -0.1) is 0 Å². The highest BCUT2D eigenvalue weighted by molar-refractivity contribution is 5.98. The molecule has 0 aliphatic heterocycles. The van der Waals surface area contributed by atoms with Crippen LogP contribution in [0.1, 0.15) is 16.8 Å². The van der Waals surface area contributed by atoms with Crippen LogP contribution in [0.3, 0.4) is 0 Å². The summed E-state index contributed by atoms with van der Waals surface area (Å²) in [6.07, 6.45) is 5.75. The maximum absolute atomic E-state index is 14.5. The summed E-state index contributed by atoms with van der Waals surface area (Å²) in [5.74, 6) is 0.173. The molecule has 0 spiro atoms. The SMILES string of the molecule is CN=C(N)c1ccc(-c2cnc3ncc(Cc4ccc5ncccc5c4)n3n2)cc1F. The number of amidine groups is 1. The number of fused-ring (bicyclic) bond motifs is 2. The largest absolute Gasteiger partial charge is 0.383 e. The summed E-state index contributed by atoms with van der Waals surface area (Å²) in [6.45, 7) is 0. The Balaban J connectivity index is 1.51. The lowest BCUT2D eigenvalue weighted by atomic mass is 10.1. The van der Waals surface area contributed by atoms with Crippen LogP contribution in [0, 0.1) is 5.82 Å². The first-order chi connectivity index (χ1) is 15.1. The predicted molar refractivity (Wildman–Crippen MR) is 117 cm³/mol. The molecule has 2 N–H and O–H groups in total. The van der Waals surface area contributed by atoms with Gasteiger partial charge in [0.15, 0.2) is 0 Å². The van der Waals surface area contributed by atoms with Gasteiger partial charge in [-0.05, 0) is 35.9 Å². The quantitative estimate of drug-likeness (QED) is 0.361. The number of imidazole rings is 1. The number of nitrogens with zero attached hydrogens (tertiary/aromatic N) is 6. The van der Waals surface area contributed by atoms with Crippen molar-refractivity contribution >= 4 is 22.5 Å². The number of benzene rings is 2. The number of hydrogen-bond donors (Lipinski definition) is 1. The number of rotatable bonds is 4. The third kappa shape index (κ3) is 3.48. The lowest BCUT2D eigenvalue weighted by molar-refractivity contribution is 0.625. The van der Waals surface area contributed by atoms with E-state index < -0.39 is 5.82 Å². The monoisotopic (exact) mass is 411 g/mol. The van der Waals surface area contributed by atoms with Gasteiger partial charge in [0.25, 0.3) is 5.78 Å². The van der Waals surface area contributed by atoms with Crippen molar-refractivity contribution in [1.29, 1.82) is 0 Å². The summed E-state index contributed by atoms with van der Waals surface area (Å²) >= 11 is 0. The molecule has 0 bridgehead atoms. The molecule has 152 valence electrons. The first-order valence-corrected chi connectivity index (χ1v) is 9.68. The number of pyridine rings is 1. The molecule has 3 heterocycles. The van der Waals surface area contributed by atoms with Gasteiger partial charge in [0, 0.05) is 30.6 Å². The molecular weight excluding hydrogens is 393 g/mol. The maximum Gasteiger partial charge on any atom is 0.250 e. The van der Waals surface area contributed by atoms with Crippen LogP contribution in [0.25, 0.3) is 27.9 Å². The standard InChI is InChI=1S/C23H18FN7/c1-26-22(25)18-6-5-16(11-19(18)24)21-13-29-23-28-12-17(31(23)30-21)10-14-4-7-20-15(9-14)3-2-8-27-20/h2-9,11-13H,10H2,1H3,(H2,25,26). The predicted octanol–water partition coefficient (Wildman–Crippen LogP) is 3.40. The fourth-order valence-corrected chi connectivity index (χ4v) is 3.52. The Hall–Kier alpha value is -4.20. The van der Waals surface area contributed by atoms with Crippen LogP contribution >= 0.6 is 0 Å². The van der Waals surface area contributed by atoms with Crippen LogP contribution in [0.2, 0.25) is 0 Å². The Bertz CT molecular complexity index is 1460. The van der Waals surface area contributed by atoms with Crippen LogP contribution in [0.4, 0.5) is 4.39 Å². The molecule has 0 unspecified atom stereocenters. The van der Waals surface area contributed by atoms with Gasteiger partial charge in [-0.2, -0.15) is 5.10 Å². The lowest BCUT2D eigenvalue weighted by Gasteiger charge is -2.07. The Morgan fingerprint density at radius 1 is 1.06 bits per heavy atom. The van der Waals surface area contributed by atoms with Crippen molar-refractivity contribution < 1.29 is 4.39 Å². The van der Waals surface area contributed by atoms with Gasteiger partial charge >= 0.3 is 0 Å². The number of hydrogen-bond acceptors (Lipinski definition) is 5. The zero-order chi connectivity index (χ0) is 21.4. The highest BCUT2D eigenvalue weighted by Crippen LogP contribution is 2.21. The molecule has 0 amide bonds. The molecule has 8 heteroatoms. The zero-order valence-corrected chi connectivity index (χ0v) is 16.7. The minimum atomic E-state index is -0.460. The summed E-state index contributed by atoms with van der Waals surface area (Å²) in [5, 5.41) is 5.73. The van der Waals surface area contributed by atoms with E-state index in [-0.39, 0.29) is 11.4 Å². The normalized spacial score (nSPS) is 12.0. The molecule has 0 fully saturated rings. The fourth-order valence-electron chi connectivity index (χ4n) is 3.52. The average molecular weight is 411 g/mol. The van der Waals surface area contributed by atoms with Crippen molar-refractivity contribution in [2.24, 2.45) is 10.7 Å². The fraction of sp³-hybridized carbons (Fsp3) is 0.0870. The second kappa shape index (κ2) is 7.56. The number of aliphatic imine (C=N–C) groups is 1. The van der Waals surface area contributed by atoms with E-state index in [1.165, 1.54) is 13.1 Å². The summed E-state index contributed by atoms with van der Waals surface area (Å²) in [4.78, 5) is 16.9. The van der Waals surface area contributed by atoms with E-state index in [9.17, 15) is 4.39 Å². The van der Waals surface area contributed by atoms with E-state index in [1.54, 1.807) is 35.2 Å². The molecule has 3 aromatic heterocycles. The van der Waals surface area contributed by atoms with Crippen molar-refractivity contribution in [3.05, 3.63) is 89.8 Å². The van der Waals surface area contributed by atoms with Crippen molar-refractivity contribution in [2.75, 3.05) is 7.05 Å². The van der Waals surface area contributed by atoms with Crippen molar-refractivity contribution in [1.82, 2.24) is 24.6 Å². The van der Waals surface area contributed by atoms with Gasteiger partial charge in [-0.3, -0.25) is 9.98 Å². The summed E-state index contributed by atoms with van der Waals surface area (Å²) in [5.41, 5.74) is 10.1. The number of aromatic nitrogens is 5. The topological polar surface area (TPSA) is 94.3 Å². The van der Waals surface area contributed by atoms with Gasteiger partial charge in [-0.1, -0.05) is 18.2 Å². The summed E-state index contributed by atoms with van der Waals surface area (Å²) in [7, 11) is 1.52. The van der Waals surface area contributed by atoms with Crippen LogP contribution in [-0.4, -0.2) is 37.4 Å². The molecule has 0 atom stereocenters. The van der Waals surface area contributed by atoms with Crippen LogP contribution in [-0.2, 0) is 6.42 Å². The first kappa shape index (κ1) is 18.8. The van der Waals surface area contributed by atoms with Crippen molar-refractivity contribution in [3.8, 4) is 11.3 Å². The molecule has 7 nitrogen and oxygen atoms in total. The van der Waals surface area contributed by atoms with E-state index in [2.05, 4.69) is 31.1 Å². The van der Waals surface area contributed by atoms with E-state index >= 15 is 0 Å². The number of nitrogens with two attached hydrogens (primary N) is 1. The molecule has 0 saturated carbocycles. The van der Waals surface area contributed by atoms with E-state index in [1.807, 2.05) is 24.3 Å². The molecule has 5 aromatic rings. The van der Waals surface area contributed by atoms with Crippen LogP contribution in [0.5, 0.6) is 0 Å². The van der Waals surface area contributed by atoms with Gasteiger partial charge in [-0.25, -0.2) is 18.9 Å². The second-order valence-corrected chi connectivity index (χ2v) is 7.12. The first-order valence-electron chi connectivity index (χ1n) is 9.68. The molecule has 0 aliphatic rings. The summed E-state index contributed by atoms with van der Waals surface area (Å²) in [6, 6.07) is 14.8. The van der Waals surface area contributed by atoms with E-state index in [4.69, 9.17) is 5.73 Å². The second-order valence-electron chi connectivity index (χ2n) is 7.12. The maximum atomic E-state index is 14.5.